The van der Waals surface area contributed by atoms with Crippen molar-refractivity contribution in [3.8, 4) is 34.0 Å². The van der Waals surface area contributed by atoms with E-state index in [-0.39, 0.29) is 0 Å². The Morgan fingerprint density at radius 3 is 2.26 bits per heavy atom. The number of aromatic nitrogens is 3. The highest BCUT2D eigenvalue weighted by molar-refractivity contribution is 5.88. The fraction of sp³-hybridized carbons (Fsp3) is 0.333. The number of aromatic amines is 1. The normalized spacial score (nSPS) is 14.7. The maximum atomic E-state index is 5.45. The lowest BCUT2D eigenvalue weighted by atomic mass is 10.1. The molecule has 0 amide bonds. The van der Waals surface area contributed by atoms with E-state index in [1.54, 1.807) is 14.2 Å². The van der Waals surface area contributed by atoms with Gasteiger partial charge in [0, 0.05) is 72.3 Å². The number of nitrogens with one attached hydrogen (secondary N) is 1. The molecule has 0 bridgehead atoms. The number of benzene rings is 1. The Hall–Kier alpha value is -3.58. The Morgan fingerprint density at radius 2 is 1.59 bits per heavy atom. The van der Waals surface area contributed by atoms with E-state index in [0.717, 1.165) is 65.4 Å². The van der Waals surface area contributed by atoms with Crippen molar-refractivity contribution < 1.29 is 9.47 Å². The molecule has 0 radical (unpaired) electrons. The first-order valence-electron chi connectivity index (χ1n) is 11.7. The molecular weight excluding hydrogens is 426 g/mol. The van der Waals surface area contributed by atoms with E-state index >= 15 is 0 Å². The van der Waals surface area contributed by atoms with E-state index in [0.29, 0.717) is 17.5 Å². The summed E-state index contributed by atoms with van der Waals surface area (Å²) in [7, 11) is 3.29. The van der Waals surface area contributed by atoms with Gasteiger partial charge in [-0.1, -0.05) is 0 Å². The van der Waals surface area contributed by atoms with E-state index in [1.807, 2.05) is 30.6 Å². The number of H-pyrrole nitrogens is 1. The number of fused-ring (bicyclic) bond motifs is 1. The number of pyridine rings is 2. The molecule has 1 aromatic carbocycles. The van der Waals surface area contributed by atoms with Crippen LogP contribution in [0.15, 0.2) is 54.9 Å². The van der Waals surface area contributed by atoms with Crippen molar-refractivity contribution in [1.29, 1.82) is 0 Å². The summed E-state index contributed by atoms with van der Waals surface area (Å²) in [5, 5.41) is 1.06. The summed E-state index contributed by atoms with van der Waals surface area (Å²) in [6, 6.07) is 14.9. The van der Waals surface area contributed by atoms with Crippen molar-refractivity contribution in [3.05, 3.63) is 54.9 Å². The van der Waals surface area contributed by atoms with Crippen molar-refractivity contribution in [2.75, 3.05) is 45.3 Å². The van der Waals surface area contributed by atoms with E-state index in [2.05, 4.69) is 52.9 Å². The summed E-state index contributed by atoms with van der Waals surface area (Å²) in [5.74, 6) is 2.45. The highest BCUT2D eigenvalue weighted by atomic mass is 16.5. The third kappa shape index (κ3) is 4.31. The average molecular weight is 458 g/mol. The second-order valence-corrected chi connectivity index (χ2v) is 8.93. The van der Waals surface area contributed by atoms with Crippen LogP contribution in [0.2, 0.25) is 0 Å². The summed E-state index contributed by atoms with van der Waals surface area (Å²) >= 11 is 0. The maximum Gasteiger partial charge on any atom is 0.161 e. The molecule has 1 fully saturated rings. The molecule has 7 nitrogen and oxygen atoms in total. The van der Waals surface area contributed by atoms with Crippen LogP contribution < -0.4 is 14.4 Å². The van der Waals surface area contributed by atoms with Crippen molar-refractivity contribution in [3.63, 3.8) is 0 Å². The Labute approximate surface area is 200 Å². The zero-order valence-corrected chi connectivity index (χ0v) is 20.2. The summed E-state index contributed by atoms with van der Waals surface area (Å²) < 4.78 is 10.8. The molecule has 0 spiro atoms. The predicted molar refractivity (Wildman–Crippen MR) is 137 cm³/mol. The van der Waals surface area contributed by atoms with Crippen LogP contribution in [0.25, 0.3) is 33.4 Å². The van der Waals surface area contributed by atoms with Crippen LogP contribution >= 0.6 is 0 Å². The monoisotopic (exact) mass is 457 g/mol. The fourth-order valence-corrected chi connectivity index (χ4v) is 4.54. The Bertz CT molecular complexity index is 1270. The molecule has 5 rings (SSSR count). The van der Waals surface area contributed by atoms with E-state index < -0.39 is 0 Å². The number of anilines is 1. The van der Waals surface area contributed by atoms with Crippen LogP contribution in [0.4, 0.5) is 5.82 Å². The molecular formula is C27H31N5O2. The molecule has 4 heterocycles. The number of ether oxygens (including phenoxy) is 2. The van der Waals surface area contributed by atoms with Gasteiger partial charge in [-0.2, -0.15) is 0 Å². The van der Waals surface area contributed by atoms with Crippen molar-refractivity contribution in [2.24, 2.45) is 0 Å². The van der Waals surface area contributed by atoms with Crippen LogP contribution in [-0.2, 0) is 0 Å². The Kier molecular flexibility index (Phi) is 6.11. The van der Waals surface area contributed by atoms with Gasteiger partial charge in [-0.25, -0.2) is 4.98 Å². The van der Waals surface area contributed by atoms with Gasteiger partial charge >= 0.3 is 0 Å². The molecule has 1 N–H and O–H groups in total. The number of piperazine rings is 1. The highest BCUT2D eigenvalue weighted by Crippen LogP contribution is 2.33. The summed E-state index contributed by atoms with van der Waals surface area (Å²) in [4.78, 5) is 17.8. The van der Waals surface area contributed by atoms with Crippen LogP contribution in [-0.4, -0.2) is 66.3 Å². The number of hydrogen-bond acceptors (Lipinski definition) is 6. The zero-order valence-electron chi connectivity index (χ0n) is 20.2. The number of methoxy groups -OCH3 is 2. The molecule has 0 saturated carbocycles. The van der Waals surface area contributed by atoms with Gasteiger partial charge in [0.15, 0.2) is 11.5 Å². The lowest BCUT2D eigenvalue weighted by Gasteiger charge is -2.37. The van der Waals surface area contributed by atoms with Gasteiger partial charge < -0.3 is 19.4 Å². The molecule has 0 atom stereocenters. The third-order valence-electron chi connectivity index (χ3n) is 6.61. The second-order valence-electron chi connectivity index (χ2n) is 8.93. The van der Waals surface area contributed by atoms with Gasteiger partial charge in [-0.05, 0) is 56.3 Å². The van der Waals surface area contributed by atoms with Crippen molar-refractivity contribution in [2.45, 2.75) is 19.9 Å². The molecule has 3 aromatic heterocycles. The number of rotatable bonds is 6. The lowest BCUT2D eigenvalue weighted by Crippen LogP contribution is -2.49. The summed E-state index contributed by atoms with van der Waals surface area (Å²) in [6.45, 7) is 8.69. The molecule has 7 heteroatoms. The number of nitrogens with zero attached hydrogens (tertiary/aromatic N) is 4. The minimum absolute atomic E-state index is 0.596. The van der Waals surface area contributed by atoms with Crippen LogP contribution in [0.3, 0.4) is 0 Å². The first-order valence-corrected chi connectivity index (χ1v) is 11.7. The Balaban J connectivity index is 1.36. The van der Waals surface area contributed by atoms with Crippen LogP contribution in [0.1, 0.15) is 13.8 Å². The molecule has 176 valence electrons. The topological polar surface area (TPSA) is 66.5 Å². The first kappa shape index (κ1) is 22.2. The minimum atomic E-state index is 0.596. The molecule has 1 saturated heterocycles. The van der Waals surface area contributed by atoms with Gasteiger partial charge in [-0.15, -0.1) is 0 Å². The largest absolute Gasteiger partial charge is 0.493 e. The summed E-state index contributed by atoms with van der Waals surface area (Å²) in [5.41, 5.74) is 4.97. The van der Waals surface area contributed by atoms with E-state index in [1.165, 1.54) is 0 Å². The molecule has 34 heavy (non-hydrogen) atoms. The molecule has 4 aromatic rings. The standard InChI is InChI=1S/C27H31N5O2/c1-18(2)31-9-11-32(12-10-31)27-8-6-20(16-29-27)22-15-24-21(17-28-22)13-23(30-24)19-5-7-25(33-3)26(14-19)34-4/h5-8,13-18,30H,9-12H2,1-4H3. The molecule has 0 unspecified atom stereocenters. The van der Waals surface area contributed by atoms with Crippen molar-refractivity contribution in [1.82, 2.24) is 19.9 Å². The zero-order chi connectivity index (χ0) is 23.7. The van der Waals surface area contributed by atoms with E-state index in [9.17, 15) is 0 Å². The van der Waals surface area contributed by atoms with Gasteiger partial charge in [0.1, 0.15) is 5.82 Å². The first-order chi connectivity index (χ1) is 16.6. The Morgan fingerprint density at radius 1 is 0.824 bits per heavy atom. The SMILES string of the molecule is COc1ccc(-c2cc3cnc(-c4ccc(N5CCN(C(C)C)CC5)nc4)cc3[nH]2)cc1OC. The van der Waals surface area contributed by atoms with Gasteiger partial charge in [0.05, 0.1) is 19.9 Å². The molecule has 1 aliphatic rings. The maximum absolute atomic E-state index is 5.45. The average Bonchev–Trinajstić information content (AvgIpc) is 3.32. The molecule has 0 aliphatic carbocycles. The predicted octanol–water partition coefficient (Wildman–Crippen LogP) is 4.84. The third-order valence-corrected chi connectivity index (χ3v) is 6.61. The quantitative estimate of drug-likeness (QED) is 0.447. The van der Waals surface area contributed by atoms with E-state index in [4.69, 9.17) is 19.4 Å². The minimum Gasteiger partial charge on any atom is -0.493 e. The van der Waals surface area contributed by atoms with Crippen LogP contribution in [0.5, 0.6) is 11.5 Å². The van der Waals surface area contributed by atoms with Gasteiger partial charge in [0.25, 0.3) is 0 Å². The number of hydrogen-bond donors (Lipinski definition) is 1. The molecule has 1 aliphatic heterocycles. The fourth-order valence-electron chi connectivity index (χ4n) is 4.54. The van der Waals surface area contributed by atoms with Crippen LogP contribution in [0, 0.1) is 0 Å². The summed E-state index contributed by atoms with van der Waals surface area (Å²) in [6.07, 6.45) is 3.83. The smallest absolute Gasteiger partial charge is 0.161 e. The van der Waals surface area contributed by atoms with Crippen molar-refractivity contribution >= 4 is 16.7 Å². The lowest BCUT2D eigenvalue weighted by molar-refractivity contribution is 0.209. The second kappa shape index (κ2) is 9.35. The highest BCUT2D eigenvalue weighted by Gasteiger charge is 2.19. The van der Waals surface area contributed by atoms with Gasteiger partial charge in [-0.3, -0.25) is 9.88 Å². The van der Waals surface area contributed by atoms with Gasteiger partial charge in [0.2, 0.25) is 0 Å².